The van der Waals surface area contributed by atoms with Gasteiger partial charge in [-0.1, -0.05) is 6.92 Å². The Hall–Kier alpha value is -1.62. The van der Waals surface area contributed by atoms with Crippen molar-refractivity contribution in [2.75, 3.05) is 31.6 Å². The Balaban J connectivity index is 1.99. The standard InChI is InChI=1S/C14H21N3O2/c1-3-11(2)16-12-4-5-13(15-10-12)14(18)17-6-8-19-9-7-17/h4-5,10-11,16H,3,6-9H2,1-2H3. The SMILES string of the molecule is CCC(C)Nc1ccc(C(=O)N2CCOCC2)nc1. The zero-order valence-electron chi connectivity index (χ0n) is 11.6. The van der Waals surface area contributed by atoms with Crippen LogP contribution in [0.2, 0.25) is 0 Å². The largest absolute Gasteiger partial charge is 0.381 e. The Morgan fingerprint density at radius 3 is 2.79 bits per heavy atom. The van der Waals surface area contributed by atoms with Crippen molar-refractivity contribution >= 4 is 11.6 Å². The molecule has 1 aromatic rings. The van der Waals surface area contributed by atoms with Crippen molar-refractivity contribution in [2.45, 2.75) is 26.3 Å². The molecule has 2 rings (SSSR count). The van der Waals surface area contributed by atoms with Gasteiger partial charge in [0.2, 0.25) is 0 Å². The van der Waals surface area contributed by atoms with Crippen LogP contribution in [0.15, 0.2) is 18.3 Å². The summed E-state index contributed by atoms with van der Waals surface area (Å²) in [6, 6.07) is 4.10. The summed E-state index contributed by atoms with van der Waals surface area (Å²) >= 11 is 0. The molecule has 1 aliphatic rings. The molecule has 104 valence electrons. The predicted octanol–water partition coefficient (Wildman–Crippen LogP) is 1.76. The van der Waals surface area contributed by atoms with Crippen molar-refractivity contribution in [2.24, 2.45) is 0 Å². The molecular weight excluding hydrogens is 242 g/mol. The van der Waals surface area contributed by atoms with Gasteiger partial charge in [0.15, 0.2) is 0 Å². The van der Waals surface area contributed by atoms with E-state index in [0.717, 1.165) is 12.1 Å². The Morgan fingerprint density at radius 2 is 2.21 bits per heavy atom. The average molecular weight is 263 g/mol. The average Bonchev–Trinajstić information content (AvgIpc) is 2.48. The van der Waals surface area contributed by atoms with Gasteiger partial charge in [-0.15, -0.1) is 0 Å². The minimum atomic E-state index is -0.0154. The van der Waals surface area contributed by atoms with Crippen molar-refractivity contribution in [3.63, 3.8) is 0 Å². The number of carbonyl (C=O) groups is 1. The maximum atomic E-state index is 12.2. The van der Waals surface area contributed by atoms with Crippen LogP contribution in [0.3, 0.4) is 0 Å². The molecule has 0 aromatic carbocycles. The maximum absolute atomic E-state index is 12.2. The van der Waals surface area contributed by atoms with E-state index in [2.05, 4.69) is 24.1 Å². The molecule has 1 aliphatic heterocycles. The smallest absolute Gasteiger partial charge is 0.272 e. The summed E-state index contributed by atoms with van der Waals surface area (Å²) in [6.07, 6.45) is 2.77. The molecule has 2 heterocycles. The first-order valence-corrected chi connectivity index (χ1v) is 6.80. The van der Waals surface area contributed by atoms with Crippen molar-refractivity contribution in [3.8, 4) is 0 Å². The number of aromatic nitrogens is 1. The number of anilines is 1. The lowest BCUT2D eigenvalue weighted by Gasteiger charge is -2.26. The molecule has 1 amide bonds. The Labute approximate surface area is 114 Å². The van der Waals surface area contributed by atoms with Gasteiger partial charge in [-0.25, -0.2) is 4.98 Å². The van der Waals surface area contributed by atoms with Crippen LogP contribution in [-0.4, -0.2) is 48.1 Å². The molecule has 0 bridgehead atoms. The first-order chi connectivity index (χ1) is 9.20. The molecule has 0 aliphatic carbocycles. The number of nitrogens with zero attached hydrogens (tertiary/aromatic N) is 2. The number of ether oxygens (including phenoxy) is 1. The topological polar surface area (TPSA) is 54.5 Å². The molecule has 1 N–H and O–H groups in total. The van der Waals surface area contributed by atoms with Gasteiger partial charge in [0.1, 0.15) is 5.69 Å². The van der Waals surface area contributed by atoms with E-state index in [9.17, 15) is 4.79 Å². The second-order valence-corrected chi connectivity index (χ2v) is 4.79. The summed E-state index contributed by atoms with van der Waals surface area (Å²) in [6.45, 7) is 6.76. The number of rotatable bonds is 4. The summed E-state index contributed by atoms with van der Waals surface area (Å²) < 4.78 is 5.24. The van der Waals surface area contributed by atoms with Gasteiger partial charge in [0.25, 0.3) is 5.91 Å². The first kappa shape index (κ1) is 13.8. The molecule has 5 heteroatoms. The van der Waals surface area contributed by atoms with Crippen LogP contribution in [0.25, 0.3) is 0 Å². The summed E-state index contributed by atoms with van der Waals surface area (Å²) in [5.41, 5.74) is 1.45. The van der Waals surface area contributed by atoms with Gasteiger partial charge in [-0.05, 0) is 25.5 Å². The highest BCUT2D eigenvalue weighted by Gasteiger charge is 2.19. The molecule has 1 unspecified atom stereocenters. The molecule has 1 atom stereocenters. The maximum Gasteiger partial charge on any atom is 0.272 e. The third kappa shape index (κ3) is 3.67. The third-order valence-corrected chi connectivity index (χ3v) is 3.31. The van der Waals surface area contributed by atoms with E-state index in [1.54, 1.807) is 17.2 Å². The van der Waals surface area contributed by atoms with Crippen molar-refractivity contribution in [1.82, 2.24) is 9.88 Å². The van der Waals surface area contributed by atoms with Gasteiger partial charge in [-0.3, -0.25) is 4.79 Å². The highest BCUT2D eigenvalue weighted by atomic mass is 16.5. The van der Waals surface area contributed by atoms with Crippen LogP contribution < -0.4 is 5.32 Å². The van der Waals surface area contributed by atoms with Crippen LogP contribution in [0, 0.1) is 0 Å². The molecule has 1 aromatic heterocycles. The Kier molecular flexibility index (Phi) is 4.74. The van der Waals surface area contributed by atoms with Crippen LogP contribution >= 0.6 is 0 Å². The van der Waals surface area contributed by atoms with E-state index in [1.807, 2.05) is 6.07 Å². The summed E-state index contributed by atoms with van der Waals surface area (Å²) in [5, 5.41) is 3.33. The number of hydrogen-bond acceptors (Lipinski definition) is 4. The fourth-order valence-electron chi connectivity index (χ4n) is 1.92. The number of pyridine rings is 1. The second-order valence-electron chi connectivity index (χ2n) is 4.79. The van der Waals surface area contributed by atoms with E-state index in [1.165, 1.54) is 0 Å². The molecule has 1 saturated heterocycles. The Morgan fingerprint density at radius 1 is 1.47 bits per heavy atom. The van der Waals surface area contributed by atoms with E-state index in [-0.39, 0.29) is 5.91 Å². The third-order valence-electron chi connectivity index (χ3n) is 3.31. The van der Waals surface area contributed by atoms with Crippen LogP contribution in [0.5, 0.6) is 0 Å². The van der Waals surface area contributed by atoms with Crippen molar-refractivity contribution in [3.05, 3.63) is 24.0 Å². The van der Waals surface area contributed by atoms with E-state index >= 15 is 0 Å². The summed E-state index contributed by atoms with van der Waals surface area (Å²) in [4.78, 5) is 18.2. The molecular formula is C14H21N3O2. The van der Waals surface area contributed by atoms with Gasteiger partial charge in [0.05, 0.1) is 25.1 Å². The minimum absolute atomic E-state index is 0.0154. The molecule has 5 nitrogen and oxygen atoms in total. The molecule has 0 radical (unpaired) electrons. The zero-order valence-corrected chi connectivity index (χ0v) is 11.6. The second kappa shape index (κ2) is 6.52. The highest BCUT2D eigenvalue weighted by Crippen LogP contribution is 2.11. The first-order valence-electron chi connectivity index (χ1n) is 6.80. The fourth-order valence-corrected chi connectivity index (χ4v) is 1.92. The minimum Gasteiger partial charge on any atom is -0.381 e. The highest BCUT2D eigenvalue weighted by molar-refractivity contribution is 5.92. The van der Waals surface area contributed by atoms with Crippen molar-refractivity contribution < 1.29 is 9.53 Å². The normalized spacial score (nSPS) is 17.1. The number of carbonyl (C=O) groups excluding carboxylic acids is 1. The number of amides is 1. The van der Waals surface area contributed by atoms with Gasteiger partial charge < -0.3 is 15.0 Å². The molecule has 0 saturated carbocycles. The molecule has 19 heavy (non-hydrogen) atoms. The quantitative estimate of drug-likeness (QED) is 0.899. The number of morpholine rings is 1. The monoisotopic (exact) mass is 263 g/mol. The van der Waals surface area contributed by atoms with E-state index in [4.69, 9.17) is 4.74 Å². The predicted molar refractivity (Wildman–Crippen MR) is 74.3 cm³/mol. The lowest BCUT2D eigenvalue weighted by molar-refractivity contribution is 0.0299. The number of nitrogens with one attached hydrogen (secondary N) is 1. The lowest BCUT2D eigenvalue weighted by Crippen LogP contribution is -2.41. The van der Waals surface area contributed by atoms with Crippen LogP contribution in [0.4, 0.5) is 5.69 Å². The summed E-state index contributed by atoms with van der Waals surface area (Å²) in [5.74, 6) is -0.0154. The fraction of sp³-hybridized carbons (Fsp3) is 0.571. The molecule has 0 spiro atoms. The van der Waals surface area contributed by atoms with Crippen molar-refractivity contribution in [1.29, 1.82) is 0 Å². The van der Waals surface area contributed by atoms with Gasteiger partial charge in [-0.2, -0.15) is 0 Å². The Bertz CT molecular complexity index is 413. The van der Waals surface area contributed by atoms with Crippen LogP contribution in [0.1, 0.15) is 30.8 Å². The van der Waals surface area contributed by atoms with Gasteiger partial charge >= 0.3 is 0 Å². The zero-order chi connectivity index (χ0) is 13.7. The summed E-state index contributed by atoms with van der Waals surface area (Å²) in [7, 11) is 0. The number of hydrogen-bond donors (Lipinski definition) is 1. The molecule has 1 fully saturated rings. The van der Waals surface area contributed by atoms with E-state index in [0.29, 0.717) is 38.0 Å². The lowest BCUT2D eigenvalue weighted by atomic mass is 10.2. The van der Waals surface area contributed by atoms with Gasteiger partial charge in [0, 0.05) is 19.1 Å². The van der Waals surface area contributed by atoms with Crippen LogP contribution in [-0.2, 0) is 4.74 Å². The van der Waals surface area contributed by atoms with E-state index < -0.39 is 0 Å².